The molecule has 0 aromatic heterocycles. The average Bonchev–Trinajstić information content (AvgIpc) is 2.69. The van der Waals surface area contributed by atoms with Crippen molar-refractivity contribution in [1.82, 2.24) is 0 Å². The summed E-state index contributed by atoms with van der Waals surface area (Å²) in [6, 6.07) is 13.6. The third-order valence-corrected chi connectivity index (χ3v) is 5.35. The molecule has 1 amide bonds. The van der Waals surface area contributed by atoms with E-state index in [0.717, 1.165) is 42.5 Å². The zero-order valence-corrected chi connectivity index (χ0v) is 15.9. The summed E-state index contributed by atoms with van der Waals surface area (Å²) < 4.78 is 78.1. The predicted molar refractivity (Wildman–Crippen MR) is 103 cm³/mol. The van der Waals surface area contributed by atoms with Crippen molar-refractivity contribution in [2.75, 3.05) is 10.0 Å². The number of alkyl halides is 3. The first-order valence-electron chi connectivity index (χ1n) is 8.42. The van der Waals surface area contributed by atoms with Crippen LogP contribution in [0.15, 0.2) is 77.7 Å². The Balaban J connectivity index is 1.77. The van der Waals surface area contributed by atoms with Crippen molar-refractivity contribution in [3.8, 4) is 0 Å². The van der Waals surface area contributed by atoms with Crippen molar-refractivity contribution in [2.24, 2.45) is 0 Å². The van der Waals surface area contributed by atoms with Crippen LogP contribution in [-0.4, -0.2) is 14.3 Å². The van der Waals surface area contributed by atoms with E-state index in [1.54, 1.807) is 0 Å². The number of carbonyl (C=O) groups is 1. The lowest BCUT2D eigenvalue weighted by molar-refractivity contribution is -0.137. The summed E-state index contributed by atoms with van der Waals surface area (Å²) in [6.45, 7) is 0. The fourth-order valence-corrected chi connectivity index (χ4v) is 3.59. The van der Waals surface area contributed by atoms with Crippen molar-refractivity contribution < 1.29 is 30.8 Å². The van der Waals surface area contributed by atoms with Gasteiger partial charge in [-0.05, 0) is 66.7 Å². The largest absolute Gasteiger partial charge is 0.416 e. The highest BCUT2D eigenvalue weighted by molar-refractivity contribution is 7.92. The van der Waals surface area contributed by atoms with Gasteiger partial charge in [0.15, 0.2) is 0 Å². The van der Waals surface area contributed by atoms with Crippen LogP contribution in [0.3, 0.4) is 0 Å². The van der Waals surface area contributed by atoms with E-state index in [2.05, 4.69) is 10.0 Å². The number of hydrogen-bond acceptors (Lipinski definition) is 3. The molecular weight excluding hydrogens is 424 g/mol. The maximum Gasteiger partial charge on any atom is 0.416 e. The number of anilines is 2. The van der Waals surface area contributed by atoms with Crippen LogP contribution in [0.2, 0.25) is 0 Å². The third-order valence-electron chi connectivity index (χ3n) is 3.97. The molecule has 0 heterocycles. The maximum atomic E-state index is 13.0. The molecule has 0 spiro atoms. The molecular formula is C20H14F4N2O3S. The maximum absolute atomic E-state index is 13.0. The van der Waals surface area contributed by atoms with Crippen LogP contribution in [0.25, 0.3) is 0 Å². The SMILES string of the molecule is O=C(Nc1ccc(C(F)(F)F)cc1)c1cccc(S(=O)(=O)Nc2ccc(F)cc2)c1. The standard InChI is InChI=1S/C20H14F4N2O3S/c21-15-6-10-17(11-7-15)26-30(28,29)18-3-1-2-13(12-18)19(27)25-16-8-4-14(5-9-16)20(22,23)24/h1-12,26H,(H,25,27). The van der Waals surface area contributed by atoms with Crippen LogP contribution in [0.4, 0.5) is 28.9 Å². The highest BCUT2D eigenvalue weighted by Gasteiger charge is 2.30. The Labute approximate surface area is 169 Å². The number of halogens is 4. The number of carbonyl (C=O) groups excluding carboxylic acids is 1. The Morgan fingerprint density at radius 3 is 2.03 bits per heavy atom. The van der Waals surface area contributed by atoms with E-state index in [4.69, 9.17) is 0 Å². The molecule has 0 bridgehead atoms. The number of benzene rings is 3. The fourth-order valence-electron chi connectivity index (χ4n) is 2.48. The molecule has 5 nitrogen and oxygen atoms in total. The van der Waals surface area contributed by atoms with E-state index in [-0.39, 0.29) is 21.8 Å². The van der Waals surface area contributed by atoms with Gasteiger partial charge in [-0.3, -0.25) is 9.52 Å². The molecule has 0 unspecified atom stereocenters. The van der Waals surface area contributed by atoms with Gasteiger partial charge in [0.2, 0.25) is 0 Å². The number of hydrogen-bond donors (Lipinski definition) is 2. The van der Waals surface area contributed by atoms with E-state index < -0.39 is 33.5 Å². The summed E-state index contributed by atoms with van der Waals surface area (Å²) in [7, 11) is -4.05. The first kappa shape index (κ1) is 21.3. The summed E-state index contributed by atoms with van der Waals surface area (Å²) in [5.41, 5.74) is -0.626. The molecule has 0 radical (unpaired) electrons. The van der Waals surface area contributed by atoms with E-state index in [0.29, 0.717) is 0 Å². The molecule has 3 rings (SSSR count). The Bertz CT molecular complexity index is 1160. The third kappa shape index (κ3) is 5.15. The van der Waals surface area contributed by atoms with Crippen molar-refractivity contribution in [3.63, 3.8) is 0 Å². The highest BCUT2D eigenvalue weighted by atomic mass is 32.2. The monoisotopic (exact) mass is 438 g/mol. The Morgan fingerprint density at radius 1 is 0.833 bits per heavy atom. The molecule has 30 heavy (non-hydrogen) atoms. The van der Waals surface area contributed by atoms with E-state index in [9.17, 15) is 30.8 Å². The normalized spacial score (nSPS) is 11.7. The Morgan fingerprint density at radius 2 is 1.43 bits per heavy atom. The summed E-state index contributed by atoms with van der Waals surface area (Å²) in [4.78, 5) is 12.2. The van der Waals surface area contributed by atoms with Gasteiger partial charge in [-0.15, -0.1) is 0 Å². The topological polar surface area (TPSA) is 75.3 Å². The van der Waals surface area contributed by atoms with Crippen LogP contribution >= 0.6 is 0 Å². The van der Waals surface area contributed by atoms with Gasteiger partial charge >= 0.3 is 6.18 Å². The lowest BCUT2D eigenvalue weighted by Crippen LogP contribution is -2.16. The average molecular weight is 438 g/mol. The molecule has 0 saturated carbocycles. The summed E-state index contributed by atoms with van der Waals surface area (Å²) >= 11 is 0. The summed E-state index contributed by atoms with van der Waals surface area (Å²) in [6.07, 6.45) is -4.50. The second-order valence-electron chi connectivity index (χ2n) is 6.17. The molecule has 3 aromatic rings. The minimum atomic E-state index is -4.50. The van der Waals surface area contributed by atoms with Gasteiger partial charge in [-0.2, -0.15) is 13.2 Å². The number of rotatable bonds is 5. The molecule has 0 aliphatic rings. The highest BCUT2D eigenvalue weighted by Crippen LogP contribution is 2.30. The van der Waals surface area contributed by atoms with Gasteiger partial charge in [0.25, 0.3) is 15.9 Å². The van der Waals surface area contributed by atoms with Gasteiger partial charge in [-0.1, -0.05) is 6.07 Å². The van der Waals surface area contributed by atoms with Crippen molar-refractivity contribution >= 4 is 27.3 Å². The van der Waals surface area contributed by atoms with Gasteiger partial charge < -0.3 is 5.32 Å². The van der Waals surface area contributed by atoms with Crippen molar-refractivity contribution in [1.29, 1.82) is 0 Å². The van der Waals surface area contributed by atoms with Crippen LogP contribution < -0.4 is 10.0 Å². The molecule has 0 aliphatic carbocycles. The molecule has 0 aliphatic heterocycles. The van der Waals surface area contributed by atoms with Crippen LogP contribution in [0.5, 0.6) is 0 Å². The van der Waals surface area contributed by atoms with Gasteiger partial charge in [0.05, 0.1) is 10.5 Å². The molecule has 10 heteroatoms. The van der Waals surface area contributed by atoms with Crippen molar-refractivity contribution in [2.45, 2.75) is 11.1 Å². The van der Waals surface area contributed by atoms with Crippen LogP contribution in [-0.2, 0) is 16.2 Å². The molecule has 0 atom stereocenters. The van der Waals surface area contributed by atoms with E-state index >= 15 is 0 Å². The molecule has 0 fully saturated rings. The minimum Gasteiger partial charge on any atom is -0.322 e. The molecule has 0 saturated heterocycles. The number of amides is 1. The molecule has 156 valence electrons. The second kappa shape index (κ2) is 8.15. The number of nitrogens with one attached hydrogen (secondary N) is 2. The lowest BCUT2D eigenvalue weighted by Gasteiger charge is -2.11. The number of sulfonamides is 1. The van der Waals surface area contributed by atoms with Gasteiger partial charge in [-0.25, -0.2) is 12.8 Å². The lowest BCUT2D eigenvalue weighted by atomic mass is 10.2. The zero-order valence-electron chi connectivity index (χ0n) is 15.1. The van der Waals surface area contributed by atoms with Crippen molar-refractivity contribution in [3.05, 3.63) is 89.7 Å². The summed E-state index contributed by atoms with van der Waals surface area (Å²) in [5.74, 6) is -1.23. The molecule has 3 aromatic carbocycles. The van der Waals surface area contributed by atoms with Gasteiger partial charge in [0, 0.05) is 16.9 Å². The fraction of sp³-hybridized carbons (Fsp3) is 0.0500. The zero-order chi connectivity index (χ0) is 21.9. The predicted octanol–water partition coefficient (Wildman–Crippen LogP) is 4.90. The van der Waals surface area contributed by atoms with E-state index in [1.807, 2.05) is 0 Å². The Kier molecular flexibility index (Phi) is 5.79. The van der Waals surface area contributed by atoms with E-state index in [1.165, 1.54) is 30.3 Å². The Hall–Kier alpha value is -3.40. The summed E-state index contributed by atoms with van der Waals surface area (Å²) in [5, 5.41) is 2.41. The quantitative estimate of drug-likeness (QED) is 0.557. The molecule has 2 N–H and O–H groups in total. The second-order valence-corrected chi connectivity index (χ2v) is 7.85. The van der Waals surface area contributed by atoms with Crippen LogP contribution in [0.1, 0.15) is 15.9 Å². The smallest absolute Gasteiger partial charge is 0.322 e. The van der Waals surface area contributed by atoms with Gasteiger partial charge in [0.1, 0.15) is 5.82 Å². The first-order chi connectivity index (χ1) is 14.0. The minimum absolute atomic E-state index is 0.0168. The first-order valence-corrected chi connectivity index (χ1v) is 9.90. The van der Waals surface area contributed by atoms with Crippen LogP contribution in [0, 0.1) is 5.82 Å².